The lowest BCUT2D eigenvalue weighted by atomic mass is 9.83. The molecule has 2 aromatic rings. The van der Waals surface area contributed by atoms with Crippen LogP contribution in [0.15, 0.2) is 48.7 Å². The molecule has 0 amide bonds. The van der Waals surface area contributed by atoms with Crippen molar-refractivity contribution >= 4 is 18.2 Å². The molecule has 0 radical (unpaired) electrons. The van der Waals surface area contributed by atoms with Crippen LogP contribution in [0.25, 0.3) is 0 Å². The molecule has 2 aliphatic rings. The zero-order valence-electron chi connectivity index (χ0n) is 14.2. The van der Waals surface area contributed by atoms with E-state index in [1.165, 1.54) is 0 Å². The van der Waals surface area contributed by atoms with Crippen LogP contribution < -0.4 is 4.74 Å². The van der Waals surface area contributed by atoms with Crippen molar-refractivity contribution in [3.05, 3.63) is 59.9 Å². The average Bonchev–Trinajstić information content (AvgIpc) is 2.61. The molecule has 2 aliphatic heterocycles. The first-order valence-electron chi connectivity index (χ1n) is 8.68. The average molecular weight is 359 g/mol. The Bertz CT molecular complexity index is 737. The maximum atomic E-state index is 12.5. The summed E-state index contributed by atoms with van der Waals surface area (Å²) in [7, 11) is 0. The Morgan fingerprint density at radius 2 is 2.00 bits per heavy atom. The zero-order valence-corrected chi connectivity index (χ0v) is 15.0. The van der Waals surface area contributed by atoms with Crippen molar-refractivity contribution in [2.75, 3.05) is 19.6 Å². The minimum Gasteiger partial charge on any atom is -0.485 e. The third-order valence-electron chi connectivity index (χ3n) is 5.03. The monoisotopic (exact) mass is 358 g/mol. The van der Waals surface area contributed by atoms with Crippen LogP contribution in [0, 0.1) is 0 Å². The number of ketones is 1. The number of carbonyl (C=O) groups is 1. The molecule has 3 heterocycles. The molecular formula is C20H23ClN2O2. The number of nitrogens with zero attached hydrogens (tertiary/aromatic N) is 2. The summed E-state index contributed by atoms with van der Waals surface area (Å²) in [6, 6.07) is 13.7. The first kappa shape index (κ1) is 17.9. The quantitative estimate of drug-likeness (QED) is 0.841. The number of benzene rings is 1. The summed E-state index contributed by atoms with van der Waals surface area (Å²) < 4.78 is 6.33. The van der Waals surface area contributed by atoms with E-state index in [0.29, 0.717) is 6.42 Å². The number of carbonyl (C=O) groups excluding carboxylic acids is 1. The zero-order chi connectivity index (χ0) is 16.4. The molecular weight excluding hydrogens is 336 g/mol. The number of piperidine rings is 1. The lowest BCUT2D eigenvalue weighted by Gasteiger charge is -2.44. The van der Waals surface area contributed by atoms with Crippen LogP contribution in [0.1, 0.15) is 35.3 Å². The van der Waals surface area contributed by atoms with Crippen LogP contribution in [-0.2, 0) is 6.42 Å². The van der Waals surface area contributed by atoms with Gasteiger partial charge >= 0.3 is 0 Å². The fourth-order valence-corrected chi connectivity index (χ4v) is 3.87. The highest BCUT2D eigenvalue weighted by Gasteiger charge is 2.43. The number of likely N-dealkylation sites (tertiary alicyclic amines) is 1. The molecule has 1 fully saturated rings. The molecule has 132 valence electrons. The normalized spacial score (nSPS) is 22.8. The summed E-state index contributed by atoms with van der Waals surface area (Å²) in [4.78, 5) is 19.3. The summed E-state index contributed by atoms with van der Waals surface area (Å²) in [6.45, 7) is 2.84. The number of rotatable bonds is 3. The summed E-state index contributed by atoms with van der Waals surface area (Å²) in [5.41, 5.74) is 1.49. The molecule has 0 N–H and O–H groups in total. The van der Waals surface area contributed by atoms with E-state index in [0.717, 1.165) is 55.9 Å². The first-order chi connectivity index (χ1) is 11.7. The Kier molecular flexibility index (Phi) is 5.40. The fraction of sp³-hybridized carbons (Fsp3) is 0.400. The maximum Gasteiger partial charge on any atom is 0.170 e. The second-order valence-electron chi connectivity index (χ2n) is 6.83. The van der Waals surface area contributed by atoms with E-state index in [1.807, 2.05) is 42.6 Å². The number of hydrogen-bond donors (Lipinski definition) is 0. The van der Waals surface area contributed by atoms with Gasteiger partial charge in [0.25, 0.3) is 0 Å². The predicted octanol–water partition coefficient (Wildman–Crippen LogP) is 3.55. The van der Waals surface area contributed by atoms with Crippen molar-refractivity contribution in [3.63, 3.8) is 0 Å². The van der Waals surface area contributed by atoms with E-state index in [2.05, 4.69) is 16.0 Å². The molecule has 1 saturated heterocycles. The van der Waals surface area contributed by atoms with Gasteiger partial charge in [-0.3, -0.25) is 14.7 Å². The van der Waals surface area contributed by atoms with Crippen LogP contribution in [-0.4, -0.2) is 40.9 Å². The smallest absolute Gasteiger partial charge is 0.170 e. The molecule has 1 aromatic heterocycles. The second-order valence-corrected chi connectivity index (χ2v) is 6.83. The lowest BCUT2D eigenvalue weighted by Crippen LogP contribution is -2.54. The van der Waals surface area contributed by atoms with E-state index in [4.69, 9.17) is 4.74 Å². The minimum absolute atomic E-state index is 0. The van der Waals surface area contributed by atoms with Gasteiger partial charge in [-0.15, -0.1) is 12.4 Å². The number of hydrogen-bond acceptors (Lipinski definition) is 4. The molecule has 0 bridgehead atoms. The molecule has 25 heavy (non-hydrogen) atoms. The summed E-state index contributed by atoms with van der Waals surface area (Å²) in [5, 5.41) is 0. The second kappa shape index (κ2) is 7.54. The van der Waals surface area contributed by atoms with Gasteiger partial charge in [-0.05, 0) is 43.7 Å². The van der Waals surface area contributed by atoms with Gasteiger partial charge in [-0.2, -0.15) is 0 Å². The molecule has 4 nitrogen and oxygen atoms in total. The van der Waals surface area contributed by atoms with Crippen molar-refractivity contribution < 1.29 is 9.53 Å². The molecule has 1 unspecified atom stereocenters. The van der Waals surface area contributed by atoms with Gasteiger partial charge in [-0.25, -0.2) is 0 Å². The first-order valence-corrected chi connectivity index (χ1v) is 8.68. The van der Waals surface area contributed by atoms with Crippen LogP contribution >= 0.6 is 12.4 Å². The van der Waals surface area contributed by atoms with Crippen LogP contribution in [0.2, 0.25) is 0 Å². The van der Waals surface area contributed by atoms with Crippen molar-refractivity contribution in [3.8, 4) is 5.75 Å². The summed E-state index contributed by atoms with van der Waals surface area (Å²) >= 11 is 0. The van der Waals surface area contributed by atoms with Gasteiger partial charge in [0.1, 0.15) is 11.4 Å². The number of ether oxygens (including phenoxy) is 1. The SMILES string of the molecule is Cl.O=C1CC2(CCCN(CCc3ccccn3)C2)Oc2ccccc21. The van der Waals surface area contributed by atoms with E-state index in [-0.39, 0.29) is 23.8 Å². The number of aromatic nitrogens is 1. The topological polar surface area (TPSA) is 42.4 Å². The van der Waals surface area contributed by atoms with Gasteiger partial charge < -0.3 is 4.74 Å². The molecule has 0 saturated carbocycles. The molecule has 4 rings (SSSR count). The fourth-order valence-electron chi connectivity index (χ4n) is 3.87. The Labute approximate surface area is 154 Å². The van der Waals surface area contributed by atoms with Crippen LogP contribution in [0.5, 0.6) is 5.75 Å². The highest BCUT2D eigenvalue weighted by Crippen LogP contribution is 2.38. The Hall–Kier alpha value is -1.91. The van der Waals surface area contributed by atoms with Crippen molar-refractivity contribution in [2.45, 2.75) is 31.3 Å². The summed E-state index contributed by atoms with van der Waals surface area (Å²) in [5.74, 6) is 0.962. The van der Waals surface area contributed by atoms with Crippen LogP contribution in [0.3, 0.4) is 0 Å². The van der Waals surface area contributed by atoms with Crippen molar-refractivity contribution in [1.82, 2.24) is 9.88 Å². The van der Waals surface area contributed by atoms with Gasteiger partial charge in [0, 0.05) is 31.4 Å². The maximum absolute atomic E-state index is 12.5. The lowest BCUT2D eigenvalue weighted by molar-refractivity contribution is -0.0176. The van der Waals surface area contributed by atoms with Crippen LogP contribution in [0.4, 0.5) is 0 Å². The van der Waals surface area contributed by atoms with E-state index in [9.17, 15) is 4.79 Å². The number of fused-ring (bicyclic) bond motifs is 1. The Balaban J connectivity index is 0.00000182. The largest absolute Gasteiger partial charge is 0.485 e. The number of pyridine rings is 1. The van der Waals surface area contributed by atoms with Crippen molar-refractivity contribution in [2.24, 2.45) is 0 Å². The molecule has 5 heteroatoms. The molecule has 1 aromatic carbocycles. The highest BCUT2D eigenvalue weighted by atomic mass is 35.5. The Morgan fingerprint density at radius 3 is 2.84 bits per heavy atom. The predicted molar refractivity (Wildman–Crippen MR) is 99.6 cm³/mol. The molecule has 1 atom stereocenters. The van der Waals surface area contributed by atoms with Gasteiger partial charge in [0.15, 0.2) is 5.78 Å². The summed E-state index contributed by atoms with van der Waals surface area (Å²) in [6.07, 6.45) is 5.28. The minimum atomic E-state index is -0.353. The van der Waals surface area contributed by atoms with E-state index < -0.39 is 0 Å². The number of Topliss-reactive ketones (excluding diaryl/α,β-unsaturated/α-hetero) is 1. The van der Waals surface area contributed by atoms with E-state index in [1.54, 1.807) is 0 Å². The molecule has 0 aliphatic carbocycles. The van der Waals surface area contributed by atoms with Gasteiger partial charge in [0.2, 0.25) is 0 Å². The van der Waals surface area contributed by atoms with Gasteiger partial charge in [-0.1, -0.05) is 18.2 Å². The number of para-hydroxylation sites is 1. The van der Waals surface area contributed by atoms with Gasteiger partial charge in [0.05, 0.1) is 12.0 Å². The molecule has 1 spiro atoms. The highest BCUT2D eigenvalue weighted by molar-refractivity contribution is 6.00. The van der Waals surface area contributed by atoms with Crippen molar-refractivity contribution in [1.29, 1.82) is 0 Å². The third-order valence-corrected chi connectivity index (χ3v) is 5.03. The standard InChI is InChI=1S/C20H22N2O2.ClH/c23-18-14-20(24-19-8-2-1-7-17(18)19)10-5-12-22(15-20)13-9-16-6-3-4-11-21-16;/h1-4,6-8,11H,5,9-10,12-15H2;1H. The Morgan fingerprint density at radius 1 is 1.16 bits per heavy atom. The van der Waals surface area contributed by atoms with E-state index >= 15 is 0 Å². The number of halogens is 1. The third kappa shape index (κ3) is 3.86.